The molecule has 1 rings (SSSR count). The molecule has 5 nitrogen and oxygen atoms in total. The third-order valence-corrected chi connectivity index (χ3v) is 2.80. The van der Waals surface area contributed by atoms with Gasteiger partial charge in [0.1, 0.15) is 11.5 Å². The Morgan fingerprint density at radius 2 is 2.11 bits per heavy atom. The van der Waals surface area contributed by atoms with Crippen LogP contribution in [0.4, 0.5) is 5.69 Å². The van der Waals surface area contributed by atoms with Crippen LogP contribution in [0.5, 0.6) is 0 Å². The van der Waals surface area contributed by atoms with Gasteiger partial charge in [-0.15, -0.1) is 0 Å². The molecular weight excluding hydrogens is 226 g/mol. The molecule has 0 aliphatic heterocycles. The molecule has 0 fully saturated rings. The van der Waals surface area contributed by atoms with Crippen LogP contribution in [0, 0.1) is 5.41 Å². The predicted octanol–water partition coefficient (Wildman–Crippen LogP) is 1.14. The Labute approximate surface area is 109 Å². The minimum atomic E-state index is 0.0247. The van der Waals surface area contributed by atoms with Crippen molar-refractivity contribution in [3.8, 4) is 0 Å². The fourth-order valence-electron chi connectivity index (χ4n) is 1.89. The standard InChI is InChI=1S/C13H23N5/c1-4-18(10-6-9-17(2)3)11-7-5-8-16-12(11)13(14)15/h5,7-8H,4,6,9-10H2,1-3H3,(H3,14,15). The van der Waals surface area contributed by atoms with Crippen molar-refractivity contribution in [1.29, 1.82) is 5.41 Å². The van der Waals surface area contributed by atoms with Crippen molar-refractivity contribution in [3.63, 3.8) is 0 Å². The number of amidine groups is 1. The molecule has 0 aromatic carbocycles. The van der Waals surface area contributed by atoms with Gasteiger partial charge in [0.15, 0.2) is 0 Å². The van der Waals surface area contributed by atoms with Gasteiger partial charge in [-0.05, 0) is 46.1 Å². The second-order valence-electron chi connectivity index (χ2n) is 4.52. The molecule has 5 heteroatoms. The molecule has 0 spiro atoms. The van der Waals surface area contributed by atoms with E-state index < -0.39 is 0 Å². The van der Waals surface area contributed by atoms with Crippen LogP contribution < -0.4 is 10.6 Å². The van der Waals surface area contributed by atoms with Crippen molar-refractivity contribution in [2.45, 2.75) is 13.3 Å². The molecule has 1 heterocycles. The minimum absolute atomic E-state index is 0.0247. The van der Waals surface area contributed by atoms with E-state index in [4.69, 9.17) is 11.1 Å². The summed E-state index contributed by atoms with van der Waals surface area (Å²) >= 11 is 0. The lowest BCUT2D eigenvalue weighted by molar-refractivity contribution is 0.400. The van der Waals surface area contributed by atoms with Crippen molar-refractivity contribution in [2.24, 2.45) is 5.73 Å². The average Bonchev–Trinajstić information content (AvgIpc) is 2.34. The molecule has 3 N–H and O–H groups in total. The molecule has 0 aliphatic carbocycles. The summed E-state index contributed by atoms with van der Waals surface area (Å²) in [7, 11) is 4.14. The summed E-state index contributed by atoms with van der Waals surface area (Å²) in [5, 5.41) is 7.57. The lowest BCUT2D eigenvalue weighted by Gasteiger charge is -2.25. The van der Waals surface area contributed by atoms with Gasteiger partial charge < -0.3 is 15.5 Å². The number of pyridine rings is 1. The van der Waals surface area contributed by atoms with Crippen LogP contribution in [0.2, 0.25) is 0 Å². The molecule has 0 saturated heterocycles. The number of nitrogens with zero attached hydrogens (tertiary/aromatic N) is 3. The molecule has 18 heavy (non-hydrogen) atoms. The van der Waals surface area contributed by atoms with Gasteiger partial charge >= 0.3 is 0 Å². The summed E-state index contributed by atoms with van der Waals surface area (Å²) in [6.07, 6.45) is 2.75. The van der Waals surface area contributed by atoms with E-state index in [0.29, 0.717) is 5.69 Å². The molecule has 0 atom stereocenters. The Bertz CT molecular complexity index is 389. The molecule has 1 aromatic heterocycles. The van der Waals surface area contributed by atoms with E-state index in [0.717, 1.165) is 31.7 Å². The third-order valence-electron chi connectivity index (χ3n) is 2.80. The molecule has 100 valence electrons. The van der Waals surface area contributed by atoms with Gasteiger partial charge in [-0.3, -0.25) is 10.4 Å². The van der Waals surface area contributed by atoms with Gasteiger partial charge in [-0.1, -0.05) is 0 Å². The van der Waals surface area contributed by atoms with Crippen molar-refractivity contribution < 1.29 is 0 Å². The van der Waals surface area contributed by atoms with Crippen LogP contribution in [-0.4, -0.2) is 49.4 Å². The molecule has 0 unspecified atom stereocenters. The zero-order valence-electron chi connectivity index (χ0n) is 11.5. The first-order chi connectivity index (χ1) is 8.56. The second kappa shape index (κ2) is 6.96. The number of nitrogen functional groups attached to an aromatic ring is 1. The SMILES string of the molecule is CCN(CCCN(C)C)c1cccnc1C(=N)N. The number of rotatable bonds is 7. The Kier molecular flexibility index (Phi) is 5.58. The first-order valence-electron chi connectivity index (χ1n) is 6.25. The van der Waals surface area contributed by atoms with E-state index in [1.807, 2.05) is 12.1 Å². The lowest BCUT2D eigenvalue weighted by Crippen LogP contribution is -2.29. The van der Waals surface area contributed by atoms with E-state index in [1.54, 1.807) is 6.20 Å². The van der Waals surface area contributed by atoms with Gasteiger partial charge in [0.25, 0.3) is 0 Å². The molecule has 0 radical (unpaired) electrons. The summed E-state index contributed by atoms with van der Waals surface area (Å²) in [5.41, 5.74) is 7.09. The van der Waals surface area contributed by atoms with Crippen LogP contribution in [-0.2, 0) is 0 Å². The molecule has 1 aromatic rings. The highest BCUT2D eigenvalue weighted by atomic mass is 15.1. The van der Waals surface area contributed by atoms with E-state index >= 15 is 0 Å². The average molecular weight is 249 g/mol. The maximum Gasteiger partial charge on any atom is 0.143 e. The number of aromatic nitrogens is 1. The normalized spacial score (nSPS) is 10.7. The number of hydrogen-bond donors (Lipinski definition) is 2. The summed E-state index contributed by atoms with van der Waals surface area (Å²) in [4.78, 5) is 8.57. The molecule has 0 amide bonds. The molecule has 0 bridgehead atoms. The molecular formula is C13H23N5. The smallest absolute Gasteiger partial charge is 0.143 e. The first-order valence-corrected chi connectivity index (χ1v) is 6.25. The summed E-state index contributed by atoms with van der Waals surface area (Å²) in [6.45, 7) is 4.98. The Morgan fingerprint density at radius 1 is 1.39 bits per heavy atom. The monoisotopic (exact) mass is 249 g/mol. The zero-order valence-corrected chi connectivity index (χ0v) is 11.5. The lowest BCUT2D eigenvalue weighted by atomic mass is 10.2. The first kappa shape index (κ1) is 14.4. The summed E-state index contributed by atoms with van der Waals surface area (Å²) < 4.78 is 0. The topological polar surface area (TPSA) is 69.2 Å². The Hall–Kier alpha value is -1.62. The minimum Gasteiger partial charge on any atom is -0.382 e. The van der Waals surface area contributed by atoms with Crippen molar-refractivity contribution in [1.82, 2.24) is 9.88 Å². The maximum absolute atomic E-state index is 7.57. The van der Waals surface area contributed by atoms with Crippen LogP contribution in [0.1, 0.15) is 19.0 Å². The fraction of sp³-hybridized carbons (Fsp3) is 0.538. The van der Waals surface area contributed by atoms with Gasteiger partial charge in [0.05, 0.1) is 5.69 Å². The number of nitrogens with one attached hydrogen (secondary N) is 1. The highest BCUT2D eigenvalue weighted by molar-refractivity contribution is 5.98. The zero-order chi connectivity index (χ0) is 13.5. The van der Waals surface area contributed by atoms with Crippen molar-refractivity contribution in [2.75, 3.05) is 38.6 Å². The van der Waals surface area contributed by atoms with Gasteiger partial charge in [0, 0.05) is 19.3 Å². The van der Waals surface area contributed by atoms with Crippen LogP contribution in [0.15, 0.2) is 18.3 Å². The predicted molar refractivity (Wildman–Crippen MR) is 76.3 cm³/mol. The van der Waals surface area contributed by atoms with Gasteiger partial charge in [-0.2, -0.15) is 0 Å². The maximum atomic E-state index is 7.57. The number of hydrogen-bond acceptors (Lipinski definition) is 4. The number of anilines is 1. The van der Waals surface area contributed by atoms with Crippen LogP contribution >= 0.6 is 0 Å². The fourth-order valence-corrected chi connectivity index (χ4v) is 1.89. The number of nitrogens with two attached hydrogens (primary N) is 1. The van der Waals surface area contributed by atoms with E-state index in [2.05, 4.69) is 35.8 Å². The Morgan fingerprint density at radius 3 is 2.67 bits per heavy atom. The summed E-state index contributed by atoms with van der Waals surface area (Å²) in [5.74, 6) is 0.0247. The molecule has 0 saturated carbocycles. The van der Waals surface area contributed by atoms with E-state index in [1.165, 1.54) is 0 Å². The largest absolute Gasteiger partial charge is 0.382 e. The second-order valence-corrected chi connectivity index (χ2v) is 4.52. The quantitative estimate of drug-likeness (QED) is 0.562. The van der Waals surface area contributed by atoms with E-state index in [-0.39, 0.29) is 5.84 Å². The van der Waals surface area contributed by atoms with Gasteiger partial charge in [-0.25, -0.2) is 0 Å². The van der Waals surface area contributed by atoms with Crippen molar-refractivity contribution in [3.05, 3.63) is 24.0 Å². The highest BCUT2D eigenvalue weighted by Crippen LogP contribution is 2.17. The summed E-state index contributed by atoms with van der Waals surface area (Å²) in [6, 6.07) is 3.86. The van der Waals surface area contributed by atoms with E-state index in [9.17, 15) is 0 Å². The third kappa shape index (κ3) is 4.00. The van der Waals surface area contributed by atoms with Gasteiger partial charge in [0.2, 0.25) is 0 Å². The van der Waals surface area contributed by atoms with Crippen LogP contribution in [0.25, 0.3) is 0 Å². The Balaban J connectivity index is 2.78. The van der Waals surface area contributed by atoms with Crippen LogP contribution in [0.3, 0.4) is 0 Å². The highest BCUT2D eigenvalue weighted by Gasteiger charge is 2.12. The molecule has 0 aliphatic rings. The van der Waals surface area contributed by atoms with Crippen molar-refractivity contribution >= 4 is 11.5 Å².